The first-order valence-electron chi connectivity index (χ1n) is 5.23. The first-order chi connectivity index (χ1) is 8.79. The summed E-state index contributed by atoms with van der Waals surface area (Å²) < 4.78 is 39.1. The number of nitrogens with zero attached hydrogens (tertiary/aromatic N) is 3. The van der Waals surface area contributed by atoms with Crippen LogP contribution in [-0.2, 0) is 6.18 Å². The van der Waals surface area contributed by atoms with E-state index in [0.29, 0.717) is 0 Å². The molecule has 0 amide bonds. The Labute approximate surface area is 106 Å². The van der Waals surface area contributed by atoms with Crippen LogP contribution in [0.1, 0.15) is 16.8 Å². The molecule has 0 aliphatic heterocycles. The SMILES string of the molecule is Cc1cnn(-c2nc(C(F)(F)F)ccc2C(=N)N)c1. The summed E-state index contributed by atoms with van der Waals surface area (Å²) in [6, 6.07) is 1.90. The van der Waals surface area contributed by atoms with Gasteiger partial charge in [-0.3, -0.25) is 5.41 Å². The van der Waals surface area contributed by atoms with Gasteiger partial charge < -0.3 is 5.73 Å². The van der Waals surface area contributed by atoms with Crippen LogP contribution in [0.25, 0.3) is 5.82 Å². The van der Waals surface area contributed by atoms with Crippen molar-refractivity contribution in [3.8, 4) is 5.82 Å². The summed E-state index contributed by atoms with van der Waals surface area (Å²) in [6.45, 7) is 1.74. The molecular weight excluding hydrogens is 259 g/mol. The molecule has 2 heterocycles. The van der Waals surface area contributed by atoms with Gasteiger partial charge in [-0.05, 0) is 24.6 Å². The van der Waals surface area contributed by atoms with Crippen LogP contribution in [0.4, 0.5) is 13.2 Å². The first-order valence-corrected chi connectivity index (χ1v) is 5.23. The maximum Gasteiger partial charge on any atom is 0.433 e. The summed E-state index contributed by atoms with van der Waals surface area (Å²) in [7, 11) is 0. The van der Waals surface area contributed by atoms with Gasteiger partial charge in [0.2, 0.25) is 0 Å². The number of nitrogen functional groups attached to an aromatic ring is 1. The van der Waals surface area contributed by atoms with Crippen LogP contribution < -0.4 is 5.73 Å². The molecule has 2 aromatic rings. The van der Waals surface area contributed by atoms with Gasteiger partial charge in [0, 0.05) is 6.20 Å². The zero-order valence-corrected chi connectivity index (χ0v) is 9.86. The van der Waals surface area contributed by atoms with Gasteiger partial charge in [0.1, 0.15) is 11.5 Å². The zero-order chi connectivity index (χ0) is 14.2. The lowest BCUT2D eigenvalue weighted by Gasteiger charge is -2.11. The molecule has 0 saturated carbocycles. The molecule has 2 aromatic heterocycles. The van der Waals surface area contributed by atoms with Gasteiger partial charge in [-0.25, -0.2) is 9.67 Å². The van der Waals surface area contributed by atoms with Crippen LogP contribution in [0.5, 0.6) is 0 Å². The maximum absolute atomic E-state index is 12.6. The quantitative estimate of drug-likeness (QED) is 0.645. The highest BCUT2D eigenvalue weighted by molar-refractivity contribution is 5.97. The number of nitrogens with one attached hydrogen (secondary N) is 1. The van der Waals surface area contributed by atoms with Crippen molar-refractivity contribution in [3.63, 3.8) is 0 Å². The Morgan fingerprint density at radius 1 is 1.37 bits per heavy atom. The summed E-state index contributed by atoms with van der Waals surface area (Å²) in [5.74, 6) is -0.486. The van der Waals surface area contributed by atoms with Gasteiger partial charge in [-0.15, -0.1) is 0 Å². The van der Waals surface area contributed by atoms with Crippen molar-refractivity contribution in [2.24, 2.45) is 5.73 Å². The van der Waals surface area contributed by atoms with Gasteiger partial charge in [-0.2, -0.15) is 18.3 Å². The third kappa shape index (κ3) is 2.56. The number of amidine groups is 1. The van der Waals surface area contributed by atoms with Crippen molar-refractivity contribution >= 4 is 5.84 Å². The number of alkyl halides is 3. The average Bonchev–Trinajstić information content (AvgIpc) is 2.73. The van der Waals surface area contributed by atoms with E-state index in [1.165, 1.54) is 17.1 Å². The number of pyridine rings is 1. The van der Waals surface area contributed by atoms with E-state index < -0.39 is 11.9 Å². The van der Waals surface area contributed by atoms with Crippen molar-refractivity contribution in [1.82, 2.24) is 14.8 Å². The number of rotatable bonds is 2. The normalized spacial score (nSPS) is 11.6. The minimum Gasteiger partial charge on any atom is -0.384 e. The fourth-order valence-corrected chi connectivity index (χ4v) is 1.52. The third-order valence-electron chi connectivity index (χ3n) is 2.38. The molecule has 0 unspecified atom stereocenters. The number of aryl methyl sites for hydroxylation is 1. The standard InChI is InChI=1S/C11H10F3N5/c1-6-4-17-19(5-6)10-7(9(15)16)2-3-8(18-10)11(12,13)14/h2-5H,1H3,(H3,15,16). The molecule has 2 rings (SSSR count). The molecule has 8 heteroatoms. The highest BCUT2D eigenvalue weighted by Crippen LogP contribution is 2.29. The predicted octanol–water partition coefficient (Wildman–Crippen LogP) is 1.88. The summed E-state index contributed by atoms with van der Waals surface area (Å²) in [5, 5.41) is 11.3. The van der Waals surface area contributed by atoms with E-state index >= 15 is 0 Å². The molecular formula is C11H10F3N5. The topological polar surface area (TPSA) is 80.6 Å². The lowest BCUT2D eigenvalue weighted by atomic mass is 10.2. The lowest BCUT2D eigenvalue weighted by molar-refractivity contribution is -0.141. The van der Waals surface area contributed by atoms with E-state index in [1.54, 1.807) is 6.92 Å². The number of hydrogen-bond donors (Lipinski definition) is 2. The van der Waals surface area contributed by atoms with Gasteiger partial charge in [-0.1, -0.05) is 0 Å². The third-order valence-corrected chi connectivity index (χ3v) is 2.38. The fourth-order valence-electron chi connectivity index (χ4n) is 1.52. The Kier molecular flexibility index (Phi) is 3.01. The zero-order valence-electron chi connectivity index (χ0n) is 9.86. The predicted molar refractivity (Wildman–Crippen MR) is 62.1 cm³/mol. The Hall–Kier alpha value is -2.38. The van der Waals surface area contributed by atoms with Crippen LogP contribution in [0.2, 0.25) is 0 Å². The monoisotopic (exact) mass is 269 g/mol. The molecule has 0 bridgehead atoms. The van der Waals surface area contributed by atoms with Crippen LogP contribution in [0, 0.1) is 12.3 Å². The molecule has 0 radical (unpaired) electrons. The Bertz CT molecular complexity index is 630. The summed E-state index contributed by atoms with van der Waals surface area (Å²) >= 11 is 0. The van der Waals surface area contributed by atoms with Crippen LogP contribution in [0.15, 0.2) is 24.5 Å². The minimum atomic E-state index is -4.56. The van der Waals surface area contributed by atoms with Gasteiger partial charge in [0.05, 0.1) is 11.8 Å². The van der Waals surface area contributed by atoms with Gasteiger partial charge in [0.15, 0.2) is 5.82 Å². The Balaban J connectivity index is 2.64. The molecule has 0 saturated heterocycles. The fraction of sp³-hybridized carbons (Fsp3) is 0.182. The maximum atomic E-state index is 12.6. The smallest absolute Gasteiger partial charge is 0.384 e. The summed E-state index contributed by atoms with van der Waals surface area (Å²) in [5.41, 5.74) is 5.14. The molecule has 0 aromatic carbocycles. The molecule has 0 atom stereocenters. The molecule has 0 aliphatic carbocycles. The average molecular weight is 269 g/mol. The molecule has 0 spiro atoms. The molecule has 100 valence electrons. The molecule has 19 heavy (non-hydrogen) atoms. The second-order valence-electron chi connectivity index (χ2n) is 3.94. The van der Waals surface area contributed by atoms with Gasteiger partial charge in [0.25, 0.3) is 0 Å². The molecule has 0 fully saturated rings. The van der Waals surface area contributed by atoms with Crippen LogP contribution >= 0.6 is 0 Å². The minimum absolute atomic E-state index is 0.0936. The van der Waals surface area contributed by atoms with E-state index in [4.69, 9.17) is 11.1 Å². The van der Waals surface area contributed by atoms with E-state index in [9.17, 15) is 13.2 Å². The number of nitrogens with two attached hydrogens (primary N) is 1. The number of hydrogen-bond acceptors (Lipinski definition) is 3. The first kappa shape index (κ1) is 13.1. The lowest BCUT2D eigenvalue weighted by Crippen LogP contribution is -2.19. The van der Waals surface area contributed by atoms with E-state index in [-0.39, 0.29) is 17.2 Å². The van der Waals surface area contributed by atoms with Crippen molar-refractivity contribution < 1.29 is 13.2 Å². The Morgan fingerprint density at radius 3 is 2.53 bits per heavy atom. The van der Waals surface area contributed by atoms with E-state index in [1.807, 2.05) is 0 Å². The molecule has 5 nitrogen and oxygen atoms in total. The van der Waals surface area contributed by atoms with Crippen LogP contribution in [-0.4, -0.2) is 20.6 Å². The summed E-state index contributed by atoms with van der Waals surface area (Å²) in [6.07, 6.45) is -1.58. The highest BCUT2D eigenvalue weighted by Gasteiger charge is 2.33. The van der Waals surface area contributed by atoms with Gasteiger partial charge >= 0.3 is 6.18 Å². The van der Waals surface area contributed by atoms with Crippen molar-refractivity contribution in [2.75, 3.05) is 0 Å². The number of aromatic nitrogens is 3. The van der Waals surface area contributed by atoms with Crippen molar-refractivity contribution in [3.05, 3.63) is 41.3 Å². The van der Waals surface area contributed by atoms with Crippen LogP contribution in [0.3, 0.4) is 0 Å². The van der Waals surface area contributed by atoms with Crippen molar-refractivity contribution in [1.29, 1.82) is 5.41 Å². The van der Waals surface area contributed by atoms with E-state index in [0.717, 1.165) is 17.7 Å². The number of halogens is 3. The highest BCUT2D eigenvalue weighted by atomic mass is 19.4. The summed E-state index contributed by atoms with van der Waals surface area (Å²) in [4.78, 5) is 3.50. The molecule has 3 N–H and O–H groups in total. The van der Waals surface area contributed by atoms with Crippen molar-refractivity contribution in [2.45, 2.75) is 13.1 Å². The Morgan fingerprint density at radius 2 is 2.05 bits per heavy atom. The second kappa shape index (κ2) is 4.38. The largest absolute Gasteiger partial charge is 0.433 e. The molecule has 0 aliphatic rings. The van der Waals surface area contributed by atoms with E-state index in [2.05, 4.69) is 10.1 Å². The second-order valence-corrected chi connectivity index (χ2v) is 3.94.